The summed E-state index contributed by atoms with van der Waals surface area (Å²) in [6.45, 7) is 1.53. The molecule has 158 valence electrons. The number of nitriles is 1. The lowest BCUT2D eigenvalue weighted by Gasteiger charge is -2.13. The van der Waals surface area contributed by atoms with Gasteiger partial charge in [-0.25, -0.2) is 9.78 Å². The van der Waals surface area contributed by atoms with Gasteiger partial charge in [-0.15, -0.1) is 0 Å². The molecule has 3 aromatic rings. The number of methoxy groups -OCH3 is 1. The SMILES string of the molecule is COC(=O)Nc1cc(C#N)ccc1-c1cc(=O)n(CC(=O)NCc2cn[nH]n2)c(C)n1. The van der Waals surface area contributed by atoms with Gasteiger partial charge in [0.2, 0.25) is 5.91 Å². The first-order chi connectivity index (χ1) is 14.9. The second-order valence-corrected chi connectivity index (χ2v) is 6.34. The summed E-state index contributed by atoms with van der Waals surface area (Å²) in [7, 11) is 1.21. The van der Waals surface area contributed by atoms with Crippen LogP contribution in [0.15, 0.2) is 35.3 Å². The van der Waals surface area contributed by atoms with Gasteiger partial charge in [-0.3, -0.25) is 19.5 Å². The zero-order chi connectivity index (χ0) is 22.4. The minimum absolute atomic E-state index is 0.169. The van der Waals surface area contributed by atoms with Gasteiger partial charge in [0.25, 0.3) is 5.56 Å². The summed E-state index contributed by atoms with van der Waals surface area (Å²) < 4.78 is 5.83. The minimum Gasteiger partial charge on any atom is -0.453 e. The van der Waals surface area contributed by atoms with Crippen molar-refractivity contribution >= 4 is 17.7 Å². The van der Waals surface area contributed by atoms with Crippen molar-refractivity contribution in [2.24, 2.45) is 0 Å². The normalized spacial score (nSPS) is 10.2. The monoisotopic (exact) mass is 422 g/mol. The van der Waals surface area contributed by atoms with E-state index >= 15 is 0 Å². The number of carbonyl (C=O) groups excluding carboxylic acids is 2. The first-order valence-corrected chi connectivity index (χ1v) is 9.00. The molecule has 12 heteroatoms. The number of ether oxygens (including phenoxy) is 1. The van der Waals surface area contributed by atoms with E-state index in [4.69, 9.17) is 5.26 Å². The van der Waals surface area contributed by atoms with Crippen LogP contribution in [0.5, 0.6) is 0 Å². The van der Waals surface area contributed by atoms with Gasteiger partial charge in [0.15, 0.2) is 0 Å². The van der Waals surface area contributed by atoms with Gasteiger partial charge < -0.3 is 10.1 Å². The molecule has 12 nitrogen and oxygen atoms in total. The second-order valence-electron chi connectivity index (χ2n) is 6.34. The number of hydrogen-bond donors (Lipinski definition) is 3. The highest BCUT2D eigenvalue weighted by molar-refractivity contribution is 5.91. The molecule has 0 atom stereocenters. The predicted octanol–water partition coefficient (Wildman–Crippen LogP) is 0.703. The van der Waals surface area contributed by atoms with Crippen molar-refractivity contribution in [3.05, 3.63) is 57.9 Å². The third-order valence-electron chi connectivity index (χ3n) is 4.28. The van der Waals surface area contributed by atoms with Gasteiger partial charge in [0, 0.05) is 11.6 Å². The van der Waals surface area contributed by atoms with E-state index in [1.54, 1.807) is 13.0 Å². The number of nitrogens with one attached hydrogen (secondary N) is 3. The van der Waals surface area contributed by atoms with Crippen LogP contribution in [0.2, 0.25) is 0 Å². The van der Waals surface area contributed by atoms with Crippen LogP contribution >= 0.6 is 0 Å². The third-order valence-corrected chi connectivity index (χ3v) is 4.28. The van der Waals surface area contributed by atoms with Crippen LogP contribution in [-0.2, 0) is 22.6 Å². The molecule has 0 radical (unpaired) electrons. The first kappa shape index (κ1) is 21.2. The zero-order valence-electron chi connectivity index (χ0n) is 16.7. The second kappa shape index (κ2) is 9.31. The molecule has 0 unspecified atom stereocenters. The lowest BCUT2D eigenvalue weighted by atomic mass is 10.1. The van der Waals surface area contributed by atoms with E-state index in [0.717, 1.165) is 0 Å². The lowest BCUT2D eigenvalue weighted by molar-refractivity contribution is -0.121. The number of aromatic nitrogens is 5. The van der Waals surface area contributed by atoms with Crippen molar-refractivity contribution in [2.75, 3.05) is 12.4 Å². The average molecular weight is 422 g/mol. The van der Waals surface area contributed by atoms with E-state index in [-0.39, 0.29) is 24.5 Å². The number of benzene rings is 1. The van der Waals surface area contributed by atoms with Gasteiger partial charge in [-0.1, -0.05) is 0 Å². The van der Waals surface area contributed by atoms with Gasteiger partial charge in [-0.2, -0.15) is 20.7 Å². The van der Waals surface area contributed by atoms with E-state index in [1.807, 2.05) is 6.07 Å². The Hall–Kier alpha value is -4.53. The topological polar surface area (TPSA) is 168 Å². The van der Waals surface area contributed by atoms with E-state index < -0.39 is 17.6 Å². The molecule has 0 aliphatic rings. The highest BCUT2D eigenvalue weighted by atomic mass is 16.5. The smallest absolute Gasteiger partial charge is 0.411 e. The Morgan fingerprint density at radius 2 is 2.13 bits per heavy atom. The lowest BCUT2D eigenvalue weighted by Crippen LogP contribution is -2.33. The molecule has 2 amide bonds. The number of hydrogen-bond acceptors (Lipinski definition) is 8. The Labute approximate surface area is 175 Å². The zero-order valence-corrected chi connectivity index (χ0v) is 16.7. The van der Waals surface area contributed by atoms with E-state index in [9.17, 15) is 14.4 Å². The molecule has 0 spiro atoms. The van der Waals surface area contributed by atoms with E-state index in [1.165, 1.54) is 36.1 Å². The van der Waals surface area contributed by atoms with E-state index in [0.29, 0.717) is 22.6 Å². The molecule has 2 heterocycles. The van der Waals surface area contributed by atoms with Gasteiger partial charge in [-0.05, 0) is 25.1 Å². The highest BCUT2D eigenvalue weighted by Crippen LogP contribution is 2.27. The number of anilines is 1. The fraction of sp³-hybridized carbons (Fsp3) is 0.211. The summed E-state index contributed by atoms with van der Waals surface area (Å²) >= 11 is 0. The molecule has 0 fully saturated rings. The van der Waals surface area contributed by atoms with Crippen molar-refractivity contribution < 1.29 is 14.3 Å². The summed E-state index contributed by atoms with van der Waals surface area (Å²) in [5.74, 6) is -0.0957. The van der Waals surface area contributed by atoms with Crippen LogP contribution in [-0.4, -0.2) is 44.1 Å². The maximum atomic E-state index is 12.7. The number of rotatable bonds is 6. The molecule has 0 saturated carbocycles. The Morgan fingerprint density at radius 3 is 2.77 bits per heavy atom. The quantitative estimate of drug-likeness (QED) is 0.522. The number of aryl methyl sites for hydroxylation is 1. The van der Waals surface area contributed by atoms with Gasteiger partial charge in [0.05, 0.1) is 42.9 Å². The summed E-state index contributed by atoms with van der Waals surface area (Å²) in [5.41, 5.74) is 1.37. The molecule has 1 aromatic carbocycles. The standard InChI is InChI=1S/C19H18N8O4/c1-11-23-16(14-4-3-12(7-20)5-15(14)24-19(30)31-2)6-18(29)27(11)10-17(28)21-8-13-9-22-26-25-13/h3-6,9H,8,10H2,1-2H3,(H,21,28)(H,24,30)(H,22,25,26). The molecule has 0 bridgehead atoms. The first-order valence-electron chi connectivity index (χ1n) is 9.00. The van der Waals surface area contributed by atoms with Crippen molar-refractivity contribution in [3.63, 3.8) is 0 Å². The molecule has 2 aromatic heterocycles. The summed E-state index contributed by atoms with van der Waals surface area (Å²) in [6.07, 6.45) is 0.746. The van der Waals surface area contributed by atoms with Crippen LogP contribution in [0.25, 0.3) is 11.3 Å². The van der Waals surface area contributed by atoms with E-state index in [2.05, 4.69) is 35.8 Å². The van der Waals surface area contributed by atoms with Crippen LogP contribution in [0.3, 0.4) is 0 Å². The summed E-state index contributed by atoms with van der Waals surface area (Å²) in [6, 6.07) is 7.79. The minimum atomic E-state index is -0.731. The molecule has 31 heavy (non-hydrogen) atoms. The molecule has 0 saturated heterocycles. The van der Waals surface area contributed by atoms with Gasteiger partial charge in [0.1, 0.15) is 18.1 Å². The Kier molecular flexibility index (Phi) is 6.36. The number of nitrogens with zero attached hydrogens (tertiary/aromatic N) is 5. The molecule has 0 aliphatic heterocycles. The summed E-state index contributed by atoms with van der Waals surface area (Å²) in [4.78, 5) is 40.9. The molecular formula is C19H18N8O4. The van der Waals surface area contributed by atoms with Crippen molar-refractivity contribution in [1.29, 1.82) is 5.26 Å². The molecule has 0 aliphatic carbocycles. The van der Waals surface area contributed by atoms with Crippen LogP contribution in [0.1, 0.15) is 17.1 Å². The molecular weight excluding hydrogens is 404 g/mol. The van der Waals surface area contributed by atoms with Crippen molar-refractivity contribution in [3.8, 4) is 17.3 Å². The molecule has 3 N–H and O–H groups in total. The number of carbonyl (C=O) groups is 2. The van der Waals surface area contributed by atoms with Gasteiger partial charge >= 0.3 is 6.09 Å². The van der Waals surface area contributed by atoms with Crippen molar-refractivity contribution in [2.45, 2.75) is 20.0 Å². The Morgan fingerprint density at radius 1 is 1.32 bits per heavy atom. The fourth-order valence-electron chi connectivity index (χ4n) is 2.75. The van der Waals surface area contributed by atoms with Crippen molar-refractivity contribution in [1.82, 2.24) is 30.3 Å². The highest BCUT2D eigenvalue weighted by Gasteiger charge is 2.15. The number of aromatic amines is 1. The number of amides is 2. The van der Waals surface area contributed by atoms with Crippen LogP contribution in [0, 0.1) is 18.3 Å². The Bertz CT molecular complexity index is 1210. The van der Waals surface area contributed by atoms with Crippen LogP contribution < -0.4 is 16.2 Å². The maximum Gasteiger partial charge on any atom is 0.411 e. The maximum absolute atomic E-state index is 12.7. The largest absolute Gasteiger partial charge is 0.453 e. The average Bonchev–Trinajstić information content (AvgIpc) is 3.28. The fourth-order valence-corrected chi connectivity index (χ4v) is 2.75. The predicted molar refractivity (Wildman–Crippen MR) is 108 cm³/mol. The summed E-state index contributed by atoms with van der Waals surface area (Å²) in [5, 5.41) is 24.2. The number of H-pyrrole nitrogens is 1. The Balaban J connectivity index is 1.86. The third kappa shape index (κ3) is 5.10. The molecule has 3 rings (SSSR count). The van der Waals surface area contributed by atoms with Crippen LogP contribution in [0.4, 0.5) is 10.5 Å².